The number of hydrogen-bond donors (Lipinski definition) is 0. The third-order valence-corrected chi connectivity index (χ3v) is 3.22. The summed E-state index contributed by atoms with van der Waals surface area (Å²) >= 11 is 0. The van der Waals surface area contributed by atoms with E-state index in [-0.39, 0.29) is 0 Å². The molecule has 116 valence electrons. The van der Waals surface area contributed by atoms with Crippen molar-refractivity contribution in [1.29, 1.82) is 5.26 Å². The summed E-state index contributed by atoms with van der Waals surface area (Å²) in [5, 5.41) is 8.81. The lowest BCUT2D eigenvalue weighted by Crippen LogP contribution is -2.22. The lowest BCUT2D eigenvalue weighted by atomic mass is 10.0. The van der Waals surface area contributed by atoms with Crippen molar-refractivity contribution in [2.75, 3.05) is 0 Å². The van der Waals surface area contributed by atoms with Crippen LogP contribution in [-0.2, 0) is 9.53 Å². The Morgan fingerprint density at radius 1 is 1.17 bits per heavy atom. The van der Waals surface area contributed by atoms with Gasteiger partial charge in [0.2, 0.25) is 6.29 Å². The molecule has 2 aromatic carbocycles. The Hall–Kier alpha value is -3.06. The molecule has 0 N–H and O–H groups in total. The lowest BCUT2D eigenvalue weighted by Gasteiger charge is -2.17. The van der Waals surface area contributed by atoms with Crippen LogP contribution in [0.4, 0.5) is 0 Å². The van der Waals surface area contributed by atoms with Crippen LogP contribution >= 0.6 is 0 Å². The van der Waals surface area contributed by atoms with Gasteiger partial charge < -0.3 is 9.47 Å². The molecular formula is C19H17NO3. The molecule has 23 heavy (non-hydrogen) atoms. The van der Waals surface area contributed by atoms with Crippen LogP contribution in [0.3, 0.4) is 0 Å². The van der Waals surface area contributed by atoms with E-state index in [2.05, 4.69) is 12.6 Å². The molecule has 0 amide bonds. The number of rotatable bonds is 6. The Kier molecular flexibility index (Phi) is 5.54. The van der Waals surface area contributed by atoms with E-state index in [0.29, 0.717) is 17.7 Å². The average molecular weight is 307 g/mol. The third kappa shape index (κ3) is 4.45. The Morgan fingerprint density at radius 3 is 2.22 bits per heavy atom. The first-order valence-electron chi connectivity index (χ1n) is 7.26. The van der Waals surface area contributed by atoms with Crippen LogP contribution in [0.2, 0.25) is 0 Å². The highest BCUT2D eigenvalue weighted by molar-refractivity contribution is 5.81. The summed E-state index contributed by atoms with van der Waals surface area (Å²) in [5.74, 6) is 0.108. The molecule has 0 aromatic heterocycles. The lowest BCUT2D eigenvalue weighted by molar-refractivity contribution is -0.157. The second kappa shape index (κ2) is 7.81. The topological polar surface area (TPSA) is 59.3 Å². The fraction of sp³-hybridized carbons (Fsp3) is 0.158. The minimum absolute atomic E-state index is 0.508. The minimum Gasteiger partial charge on any atom is -0.455 e. The van der Waals surface area contributed by atoms with Gasteiger partial charge in [-0.2, -0.15) is 5.26 Å². The third-order valence-electron chi connectivity index (χ3n) is 3.22. The van der Waals surface area contributed by atoms with E-state index in [0.717, 1.165) is 17.2 Å². The van der Waals surface area contributed by atoms with E-state index in [1.54, 1.807) is 12.1 Å². The van der Waals surface area contributed by atoms with Gasteiger partial charge in [0.05, 0.1) is 11.6 Å². The fourth-order valence-electron chi connectivity index (χ4n) is 1.98. The number of carbonyl (C=O) groups is 1. The summed E-state index contributed by atoms with van der Waals surface area (Å²) in [6.07, 6.45) is 1.01. The van der Waals surface area contributed by atoms with Gasteiger partial charge in [-0.3, -0.25) is 0 Å². The Bertz CT molecular complexity index is 712. The Balaban J connectivity index is 2.07. The summed E-state index contributed by atoms with van der Waals surface area (Å²) in [6, 6.07) is 16.9. The second-order valence-corrected chi connectivity index (χ2v) is 4.81. The first-order valence-corrected chi connectivity index (χ1v) is 7.26. The van der Waals surface area contributed by atoms with Gasteiger partial charge in [0.1, 0.15) is 5.75 Å². The number of benzene rings is 2. The van der Waals surface area contributed by atoms with Crippen LogP contribution in [0.1, 0.15) is 18.9 Å². The maximum Gasteiger partial charge on any atom is 0.333 e. The maximum atomic E-state index is 11.2. The van der Waals surface area contributed by atoms with E-state index in [1.165, 1.54) is 0 Å². The first-order chi connectivity index (χ1) is 11.2. The van der Waals surface area contributed by atoms with Crippen molar-refractivity contribution in [3.63, 3.8) is 0 Å². The zero-order valence-electron chi connectivity index (χ0n) is 12.9. The smallest absolute Gasteiger partial charge is 0.333 e. The molecular weight excluding hydrogens is 290 g/mol. The van der Waals surface area contributed by atoms with E-state index in [9.17, 15) is 4.79 Å². The molecule has 0 bridgehead atoms. The van der Waals surface area contributed by atoms with Crippen molar-refractivity contribution in [1.82, 2.24) is 0 Å². The van der Waals surface area contributed by atoms with Gasteiger partial charge in [0, 0.05) is 12.5 Å². The molecule has 4 heteroatoms. The zero-order valence-corrected chi connectivity index (χ0v) is 12.9. The van der Waals surface area contributed by atoms with Crippen LogP contribution in [-0.4, -0.2) is 12.3 Å². The Labute approximate surface area is 135 Å². The highest BCUT2D eigenvalue weighted by Crippen LogP contribution is 2.23. The molecule has 4 nitrogen and oxygen atoms in total. The molecule has 0 aliphatic carbocycles. The maximum absolute atomic E-state index is 11.2. The van der Waals surface area contributed by atoms with Crippen LogP contribution < -0.4 is 4.74 Å². The van der Waals surface area contributed by atoms with E-state index < -0.39 is 12.3 Å². The first kappa shape index (κ1) is 16.3. The molecule has 0 saturated heterocycles. The molecule has 2 aromatic rings. The van der Waals surface area contributed by atoms with Crippen molar-refractivity contribution in [3.05, 3.63) is 66.7 Å². The number of carbonyl (C=O) groups excluding carboxylic acids is 1. The minimum atomic E-state index is -0.638. The zero-order chi connectivity index (χ0) is 16.7. The van der Waals surface area contributed by atoms with Gasteiger partial charge in [0.15, 0.2) is 0 Å². The highest BCUT2D eigenvalue weighted by atomic mass is 16.7. The predicted octanol–water partition coefficient (Wildman–Crippen LogP) is 4.07. The van der Waals surface area contributed by atoms with Crippen molar-refractivity contribution in [3.8, 4) is 22.9 Å². The Morgan fingerprint density at radius 2 is 1.74 bits per heavy atom. The summed E-state index contributed by atoms with van der Waals surface area (Å²) in [7, 11) is 0. The molecule has 0 aliphatic rings. The van der Waals surface area contributed by atoms with Gasteiger partial charge in [-0.1, -0.05) is 37.8 Å². The van der Waals surface area contributed by atoms with Gasteiger partial charge in [-0.05, 0) is 35.4 Å². The SMILES string of the molecule is C=CC(=O)OC(CC)Oc1ccc(-c2ccc(C#N)cc2)cc1. The van der Waals surface area contributed by atoms with Crippen molar-refractivity contribution in [2.24, 2.45) is 0 Å². The molecule has 1 atom stereocenters. The summed E-state index contributed by atoms with van der Waals surface area (Å²) in [6.45, 7) is 5.23. The molecule has 0 spiro atoms. The number of esters is 1. The van der Waals surface area contributed by atoms with E-state index in [4.69, 9.17) is 14.7 Å². The van der Waals surface area contributed by atoms with Crippen LogP contribution in [0, 0.1) is 11.3 Å². The number of ether oxygens (including phenoxy) is 2. The van der Waals surface area contributed by atoms with E-state index in [1.807, 2.05) is 43.3 Å². The van der Waals surface area contributed by atoms with Crippen LogP contribution in [0.15, 0.2) is 61.2 Å². The number of nitrogens with zero attached hydrogens (tertiary/aromatic N) is 1. The molecule has 0 fully saturated rings. The molecule has 0 heterocycles. The molecule has 0 radical (unpaired) electrons. The van der Waals surface area contributed by atoms with Gasteiger partial charge >= 0.3 is 5.97 Å². The summed E-state index contributed by atoms with van der Waals surface area (Å²) in [4.78, 5) is 11.2. The average Bonchev–Trinajstić information content (AvgIpc) is 2.61. The number of nitriles is 1. The van der Waals surface area contributed by atoms with Crippen LogP contribution in [0.5, 0.6) is 5.75 Å². The van der Waals surface area contributed by atoms with Crippen molar-refractivity contribution < 1.29 is 14.3 Å². The molecule has 0 saturated carbocycles. The summed E-state index contributed by atoms with van der Waals surface area (Å²) in [5.41, 5.74) is 2.65. The number of hydrogen-bond acceptors (Lipinski definition) is 4. The molecule has 1 unspecified atom stereocenters. The fourth-order valence-corrected chi connectivity index (χ4v) is 1.98. The highest BCUT2D eigenvalue weighted by Gasteiger charge is 2.12. The van der Waals surface area contributed by atoms with Gasteiger partial charge in [-0.15, -0.1) is 0 Å². The monoisotopic (exact) mass is 307 g/mol. The standard InChI is InChI=1S/C19H17NO3/c1-3-18(21)23-19(4-2)22-17-11-9-16(10-12-17)15-7-5-14(13-20)6-8-15/h3,5-12,19H,1,4H2,2H3. The second-order valence-electron chi connectivity index (χ2n) is 4.81. The largest absolute Gasteiger partial charge is 0.455 e. The summed E-state index contributed by atoms with van der Waals surface area (Å²) < 4.78 is 10.7. The molecule has 0 aliphatic heterocycles. The molecule has 2 rings (SSSR count). The van der Waals surface area contributed by atoms with E-state index >= 15 is 0 Å². The predicted molar refractivity (Wildman–Crippen MR) is 87.6 cm³/mol. The normalized spacial score (nSPS) is 11.1. The van der Waals surface area contributed by atoms with Crippen molar-refractivity contribution in [2.45, 2.75) is 19.6 Å². The van der Waals surface area contributed by atoms with Crippen molar-refractivity contribution >= 4 is 5.97 Å². The van der Waals surface area contributed by atoms with Gasteiger partial charge in [0.25, 0.3) is 0 Å². The van der Waals surface area contributed by atoms with Gasteiger partial charge in [-0.25, -0.2) is 4.79 Å². The van der Waals surface area contributed by atoms with Crippen LogP contribution in [0.25, 0.3) is 11.1 Å². The quantitative estimate of drug-likeness (QED) is 0.458.